The number of hydrogen-bond donors (Lipinski definition) is 3. The van der Waals surface area contributed by atoms with Crippen LogP contribution in [-0.2, 0) is 6.18 Å². The van der Waals surface area contributed by atoms with Crippen molar-refractivity contribution in [3.8, 4) is 0 Å². The van der Waals surface area contributed by atoms with E-state index in [0.717, 1.165) is 6.07 Å². The van der Waals surface area contributed by atoms with Gasteiger partial charge in [-0.2, -0.15) is 13.2 Å². The largest absolute Gasteiger partial charge is 0.418 e. The number of alkyl halides is 3. The molecule has 0 radical (unpaired) electrons. The van der Waals surface area contributed by atoms with E-state index in [1.807, 2.05) is 0 Å². The van der Waals surface area contributed by atoms with E-state index in [2.05, 4.69) is 5.32 Å². The maximum atomic E-state index is 12.8. The molecule has 102 valence electrons. The van der Waals surface area contributed by atoms with E-state index in [1.54, 1.807) is 6.92 Å². The summed E-state index contributed by atoms with van der Waals surface area (Å²) >= 11 is 0. The number of nitrogen functional groups attached to an aromatic ring is 1. The molecule has 1 atom stereocenters. The molecule has 6 heteroatoms. The maximum absolute atomic E-state index is 12.8. The molecule has 0 saturated heterocycles. The molecule has 0 aliphatic carbocycles. The van der Waals surface area contributed by atoms with Crippen molar-refractivity contribution >= 4 is 11.4 Å². The monoisotopic (exact) mass is 262 g/mol. The summed E-state index contributed by atoms with van der Waals surface area (Å²) in [5.41, 5.74) is 4.70. The Kier molecular flexibility index (Phi) is 4.84. The zero-order valence-electron chi connectivity index (χ0n) is 10.1. The average Bonchev–Trinajstić information content (AvgIpc) is 2.27. The van der Waals surface area contributed by atoms with E-state index in [9.17, 15) is 13.2 Å². The van der Waals surface area contributed by atoms with Crippen LogP contribution in [0.4, 0.5) is 24.5 Å². The number of nitrogens with two attached hydrogens (primary N) is 1. The third-order valence-electron chi connectivity index (χ3n) is 2.55. The molecule has 0 bridgehead atoms. The Labute approximate surface area is 104 Å². The second-order valence-corrected chi connectivity index (χ2v) is 4.21. The smallest absolute Gasteiger partial charge is 0.399 e. The van der Waals surface area contributed by atoms with Crippen molar-refractivity contribution in [2.45, 2.75) is 32.0 Å². The van der Waals surface area contributed by atoms with Crippen molar-refractivity contribution in [2.75, 3.05) is 17.7 Å². The lowest BCUT2D eigenvalue weighted by atomic mass is 10.1. The Morgan fingerprint density at radius 1 is 1.39 bits per heavy atom. The number of rotatable bonds is 5. The van der Waals surface area contributed by atoms with Gasteiger partial charge in [-0.1, -0.05) is 0 Å². The summed E-state index contributed by atoms with van der Waals surface area (Å²) in [4.78, 5) is 0. The van der Waals surface area contributed by atoms with E-state index in [-0.39, 0.29) is 24.0 Å². The minimum Gasteiger partial charge on any atom is -0.399 e. The predicted octanol–water partition coefficient (Wildman–Crippen LogP) is 2.86. The Bertz CT molecular complexity index is 393. The van der Waals surface area contributed by atoms with Crippen molar-refractivity contribution in [1.82, 2.24) is 0 Å². The molecule has 0 heterocycles. The van der Waals surface area contributed by atoms with Gasteiger partial charge in [0.15, 0.2) is 0 Å². The van der Waals surface area contributed by atoms with Crippen molar-refractivity contribution in [2.24, 2.45) is 0 Å². The van der Waals surface area contributed by atoms with Crippen LogP contribution in [0, 0.1) is 0 Å². The first-order valence-corrected chi connectivity index (χ1v) is 5.68. The molecule has 1 unspecified atom stereocenters. The Balaban J connectivity index is 2.88. The fourth-order valence-corrected chi connectivity index (χ4v) is 1.66. The van der Waals surface area contributed by atoms with Gasteiger partial charge in [0.1, 0.15) is 0 Å². The van der Waals surface area contributed by atoms with Gasteiger partial charge in [-0.25, -0.2) is 0 Å². The molecule has 0 saturated carbocycles. The highest BCUT2D eigenvalue weighted by atomic mass is 19.4. The molecule has 0 aliphatic heterocycles. The highest BCUT2D eigenvalue weighted by Gasteiger charge is 2.33. The summed E-state index contributed by atoms with van der Waals surface area (Å²) in [6.45, 7) is 1.80. The summed E-state index contributed by atoms with van der Waals surface area (Å²) in [7, 11) is 0. The van der Waals surface area contributed by atoms with Crippen molar-refractivity contribution in [3.63, 3.8) is 0 Å². The van der Waals surface area contributed by atoms with Gasteiger partial charge in [0.2, 0.25) is 0 Å². The number of aliphatic hydroxyl groups is 1. The zero-order valence-corrected chi connectivity index (χ0v) is 10.1. The van der Waals surface area contributed by atoms with E-state index < -0.39 is 11.7 Å². The predicted molar refractivity (Wildman–Crippen MR) is 65.3 cm³/mol. The molecule has 0 spiro atoms. The molecule has 1 aromatic rings. The third-order valence-corrected chi connectivity index (χ3v) is 2.55. The van der Waals surface area contributed by atoms with Crippen LogP contribution < -0.4 is 11.1 Å². The standard InChI is InChI=1S/C12H17F3N2O/c1-8(3-2-6-18)17-11-5-4-9(16)7-10(11)12(13,14)15/h4-5,7-8,17-18H,2-3,6,16H2,1H3. The summed E-state index contributed by atoms with van der Waals surface area (Å²) in [5.74, 6) is 0. The normalized spacial score (nSPS) is 13.4. The van der Waals surface area contributed by atoms with Crippen LogP contribution in [-0.4, -0.2) is 17.8 Å². The molecule has 0 fully saturated rings. The molecule has 0 aliphatic rings. The quantitative estimate of drug-likeness (QED) is 0.715. The van der Waals surface area contributed by atoms with Gasteiger partial charge < -0.3 is 16.2 Å². The Morgan fingerprint density at radius 3 is 2.61 bits per heavy atom. The number of halogens is 3. The van der Waals surface area contributed by atoms with Crippen LogP contribution in [0.25, 0.3) is 0 Å². The van der Waals surface area contributed by atoms with Crippen molar-refractivity contribution in [3.05, 3.63) is 23.8 Å². The van der Waals surface area contributed by atoms with Crippen LogP contribution in [0.5, 0.6) is 0 Å². The van der Waals surface area contributed by atoms with Crippen LogP contribution in [0.2, 0.25) is 0 Å². The highest BCUT2D eigenvalue weighted by molar-refractivity contribution is 5.59. The summed E-state index contributed by atoms with van der Waals surface area (Å²) < 4.78 is 38.4. The van der Waals surface area contributed by atoms with Crippen LogP contribution in [0.1, 0.15) is 25.3 Å². The lowest BCUT2D eigenvalue weighted by Gasteiger charge is -2.19. The molecule has 1 rings (SSSR count). The maximum Gasteiger partial charge on any atom is 0.418 e. The molecule has 3 nitrogen and oxygen atoms in total. The Hall–Kier alpha value is -1.43. The first-order valence-electron chi connectivity index (χ1n) is 5.68. The van der Waals surface area contributed by atoms with Gasteiger partial charge in [-0.3, -0.25) is 0 Å². The third kappa shape index (κ3) is 4.10. The van der Waals surface area contributed by atoms with Crippen molar-refractivity contribution in [1.29, 1.82) is 0 Å². The summed E-state index contributed by atoms with van der Waals surface area (Å²) in [6, 6.07) is 3.52. The SMILES string of the molecule is CC(CCCO)Nc1ccc(N)cc1C(F)(F)F. The first-order chi connectivity index (χ1) is 8.34. The highest BCUT2D eigenvalue weighted by Crippen LogP contribution is 2.36. The number of hydrogen-bond acceptors (Lipinski definition) is 3. The minimum absolute atomic E-state index is 0.0159. The van der Waals surface area contributed by atoms with Gasteiger partial charge in [-0.15, -0.1) is 0 Å². The first kappa shape index (κ1) is 14.6. The second kappa shape index (κ2) is 5.95. The molecular weight excluding hydrogens is 245 g/mol. The topological polar surface area (TPSA) is 58.3 Å². The molecular formula is C12H17F3N2O. The average molecular weight is 262 g/mol. The Morgan fingerprint density at radius 2 is 2.06 bits per heavy atom. The molecule has 1 aromatic carbocycles. The van der Waals surface area contributed by atoms with E-state index >= 15 is 0 Å². The van der Waals surface area contributed by atoms with E-state index in [4.69, 9.17) is 10.8 Å². The second-order valence-electron chi connectivity index (χ2n) is 4.21. The molecule has 18 heavy (non-hydrogen) atoms. The molecule has 0 amide bonds. The lowest BCUT2D eigenvalue weighted by Crippen LogP contribution is -2.19. The zero-order chi connectivity index (χ0) is 13.8. The van der Waals surface area contributed by atoms with Gasteiger partial charge in [0.25, 0.3) is 0 Å². The van der Waals surface area contributed by atoms with Crippen molar-refractivity contribution < 1.29 is 18.3 Å². The van der Waals surface area contributed by atoms with Crippen LogP contribution >= 0.6 is 0 Å². The van der Waals surface area contributed by atoms with Crippen LogP contribution in [0.15, 0.2) is 18.2 Å². The summed E-state index contributed by atoms with van der Waals surface area (Å²) in [5, 5.41) is 11.5. The molecule has 0 aromatic heterocycles. The van der Waals surface area contributed by atoms with Gasteiger partial charge >= 0.3 is 6.18 Å². The molecule has 4 N–H and O–H groups in total. The van der Waals surface area contributed by atoms with Gasteiger partial charge in [-0.05, 0) is 38.0 Å². The number of aliphatic hydroxyl groups excluding tert-OH is 1. The van der Waals surface area contributed by atoms with E-state index in [0.29, 0.717) is 12.8 Å². The van der Waals surface area contributed by atoms with E-state index in [1.165, 1.54) is 12.1 Å². The number of benzene rings is 1. The van der Waals surface area contributed by atoms with Gasteiger partial charge in [0, 0.05) is 24.0 Å². The number of anilines is 2. The number of nitrogens with one attached hydrogen (secondary N) is 1. The minimum atomic E-state index is -4.44. The van der Waals surface area contributed by atoms with Gasteiger partial charge in [0.05, 0.1) is 5.56 Å². The fraction of sp³-hybridized carbons (Fsp3) is 0.500. The fourth-order valence-electron chi connectivity index (χ4n) is 1.66. The summed E-state index contributed by atoms with van der Waals surface area (Å²) in [6.07, 6.45) is -3.29. The lowest BCUT2D eigenvalue weighted by molar-refractivity contribution is -0.136. The van der Waals surface area contributed by atoms with Crippen LogP contribution in [0.3, 0.4) is 0 Å².